The maximum atomic E-state index is 13.9. The molecule has 4 nitrogen and oxygen atoms in total. The summed E-state index contributed by atoms with van der Waals surface area (Å²) >= 11 is 0. The van der Waals surface area contributed by atoms with Crippen LogP contribution >= 0.6 is 0 Å². The molecule has 6 heteroatoms. The van der Waals surface area contributed by atoms with E-state index in [-0.39, 0.29) is 17.5 Å². The topological polar surface area (TPSA) is 46.3 Å². The molecule has 3 rings (SSSR count). The first-order valence-electron chi connectivity index (χ1n) is 6.80. The van der Waals surface area contributed by atoms with E-state index in [1.54, 1.807) is 4.90 Å². The second kappa shape index (κ2) is 5.63. The summed E-state index contributed by atoms with van der Waals surface area (Å²) in [5.41, 5.74) is 0.558. The van der Waals surface area contributed by atoms with Gasteiger partial charge in [-0.3, -0.25) is 4.79 Å². The predicted octanol–water partition coefficient (Wildman–Crippen LogP) is 2.97. The average molecular weight is 292 g/mol. The number of likely N-dealkylation sites (tertiary alicyclic amines) is 1. The van der Waals surface area contributed by atoms with Gasteiger partial charge in [0.25, 0.3) is 5.91 Å². The summed E-state index contributed by atoms with van der Waals surface area (Å²) in [5, 5.41) is 3.62. The lowest BCUT2D eigenvalue weighted by Gasteiger charge is -2.32. The maximum absolute atomic E-state index is 13.9. The van der Waals surface area contributed by atoms with Gasteiger partial charge in [-0.1, -0.05) is 5.16 Å². The van der Waals surface area contributed by atoms with Crippen LogP contribution in [0.2, 0.25) is 0 Å². The van der Waals surface area contributed by atoms with E-state index in [1.807, 2.05) is 0 Å². The van der Waals surface area contributed by atoms with Crippen LogP contribution in [-0.4, -0.2) is 29.1 Å². The minimum Gasteiger partial charge on any atom is -0.364 e. The number of rotatable bonds is 2. The SMILES string of the molecule is O=C(c1ccon1)N1CCCC(c2cc(F)ccc2F)C1. The van der Waals surface area contributed by atoms with Crippen molar-refractivity contribution in [3.63, 3.8) is 0 Å². The van der Waals surface area contributed by atoms with Crippen LogP contribution in [0, 0.1) is 11.6 Å². The highest BCUT2D eigenvalue weighted by molar-refractivity contribution is 5.92. The number of carbonyl (C=O) groups excluding carboxylic acids is 1. The van der Waals surface area contributed by atoms with Gasteiger partial charge < -0.3 is 9.42 Å². The van der Waals surface area contributed by atoms with E-state index in [4.69, 9.17) is 0 Å². The molecule has 1 amide bonds. The van der Waals surface area contributed by atoms with E-state index in [2.05, 4.69) is 9.68 Å². The quantitative estimate of drug-likeness (QED) is 0.855. The normalized spacial score (nSPS) is 18.8. The van der Waals surface area contributed by atoms with E-state index in [1.165, 1.54) is 18.4 Å². The van der Waals surface area contributed by atoms with Crippen molar-refractivity contribution in [1.29, 1.82) is 0 Å². The lowest BCUT2D eigenvalue weighted by atomic mass is 9.90. The molecule has 0 bridgehead atoms. The van der Waals surface area contributed by atoms with Gasteiger partial charge in [-0.25, -0.2) is 8.78 Å². The highest BCUT2D eigenvalue weighted by atomic mass is 19.1. The molecule has 1 aliphatic rings. The van der Waals surface area contributed by atoms with Gasteiger partial charge in [-0.2, -0.15) is 0 Å². The maximum Gasteiger partial charge on any atom is 0.276 e. The lowest BCUT2D eigenvalue weighted by Crippen LogP contribution is -2.39. The zero-order valence-electron chi connectivity index (χ0n) is 11.3. The van der Waals surface area contributed by atoms with Crippen molar-refractivity contribution in [1.82, 2.24) is 10.1 Å². The van der Waals surface area contributed by atoms with Gasteiger partial charge in [0.2, 0.25) is 0 Å². The number of piperidine rings is 1. The van der Waals surface area contributed by atoms with Gasteiger partial charge in [0.15, 0.2) is 5.69 Å². The zero-order chi connectivity index (χ0) is 14.8. The van der Waals surface area contributed by atoms with Crippen molar-refractivity contribution in [3.8, 4) is 0 Å². The largest absolute Gasteiger partial charge is 0.364 e. The number of nitrogens with zero attached hydrogens (tertiary/aromatic N) is 2. The Morgan fingerprint density at radius 2 is 2.19 bits per heavy atom. The Kier molecular flexibility index (Phi) is 3.68. The number of benzene rings is 1. The lowest BCUT2D eigenvalue weighted by molar-refractivity contribution is 0.0695. The van der Waals surface area contributed by atoms with Gasteiger partial charge in [-0.15, -0.1) is 0 Å². The fraction of sp³-hybridized carbons (Fsp3) is 0.333. The molecule has 110 valence electrons. The first kappa shape index (κ1) is 13.7. The van der Waals surface area contributed by atoms with Gasteiger partial charge in [0.1, 0.15) is 17.9 Å². The average Bonchev–Trinajstić information content (AvgIpc) is 3.03. The molecule has 1 unspecified atom stereocenters. The third kappa shape index (κ3) is 2.79. The zero-order valence-corrected chi connectivity index (χ0v) is 11.3. The van der Waals surface area contributed by atoms with Crippen LogP contribution in [0.15, 0.2) is 35.1 Å². The van der Waals surface area contributed by atoms with Crippen LogP contribution in [0.5, 0.6) is 0 Å². The van der Waals surface area contributed by atoms with E-state index in [9.17, 15) is 13.6 Å². The number of aromatic nitrogens is 1. The first-order chi connectivity index (χ1) is 10.1. The summed E-state index contributed by atoms with van der Waals surface area (Å²) in [5.74, 6) is -1.35. The van der Waals surface area contributed by atoms with Crippen LogP contribution in [0.25, 0.3) is 0 Å². The molecule has 0 N–H and O–H groups in total. The van der Waals surface area contributed by atoms with Crippen LogP contribution in [0.1, 0.15) is 34.8 Å². The minimum atomic E-state index is -0.466. The number of amides is 1. The second-order valence-corrected chi connectivity index (χ2v) is 5.14. The Labute approximate surface area is 120 Å². The molecule has 1 aromatic carbocycles. The van der Waals surface area contributed by atoms with Crippen LogP contribution in [0.4, 0.5) is 8.78 Å². The Morgan fingerprint density at radius 3 is 2.95 bits per heavy atom. The van der Waals surface area contributed by atoms with Gasteiger partial charge in [-0.05, 0) is 36.6 Å². The fourth-order valence-electron chi connectivity index (χ4n) is 2.73. The van der Waals surface area contributed by atoms with Crippen molar-refractivity contribution < 1.29 is 18.1 Å². The summed E-state index contributed by atoms with van der Waals surface area (Å²) < 4.78 is 31.8. The Morgan fingerprint density at radius 1 is 1.33 bits per heavy atom. The monoisotopic (exact) mass is 292 g/mol. The molecule has 1 fully saturated rings. The Balaban J connectivity index is 1.80. The molecular weight excluding hydrogens is 278 g/mol. The van der Waals surface area contributed by atoms with E-state index < -0.39 is 11.6 Å². The van der Waals surface area contributed by atoms with Gasteiger partial charge >= 0.3 is 0 Å². The summed E-state index contributed by atoms with van der Waals surface area (Å²) in [4.78, 5) is 13.8. The van der Waals surface area contributed by atoms with Crippen LogP contribution in [-0.2, 0) is 0 Å². The molecule has 0 saturated carbocycles. The van der Waals surface area contributed by atoms with Crippen molar-refractivity contribution >= 4 is 5.91 Å². The van der Waals surface area contributed by atoms with E-state index in [0.717, 1.165) is 25.0 Å². The number of hydrogen-bond acceptors (Lipinski definition) is 3. The van der Waals surface area contributed by atoms with Crippen LogP contribution < -0.4 is 0 Å². The molecule has 0 aliphatic carbocycles. The summed E-state index contributed by atoms with van der Waals surface area (Å²) in [6.07, 6.45) is 2.80. The molecule has 21 heavy (non-hydrogen) atoms. The van der Waals surface area contributed by atoms with Crippen molar-refractivity contribution in [2.75, 3.05) is 13.1 Å². The highest BCUT2D eigenvalue weighted by Crippen LogP contribution is 2.29. The Bertz CT molecular complexity index is 643. The minimum absolute atomic E-state index is 0.203. The third-order valence-corrected chi connectivity index (χ3v) is 3.76. The smallest absolute Gasteiger partial charge is 0.276 e. The Hall–Kier alpha value is -2.24. The molecule has 2 heterocycles. The van der Waals surface area contributed by atoms with Crippen molar-refractivity contribution in [3.05, 3.63) is 53.4 Å². The third-order valence-electron chi connectivity index (χ3n) is 3.76. The molecular formula is C15H14F2N2O2. The molecule has 1 aromatic heterocycles. The van der Waals surface area contributed by atoms with Crippen molar-refractivity contribution in [2.24, 2.45) is 0 Å². The standard InChI is InChI=1S/C15H14F2N2O2/c16-11-3-4-13(17)12(8-11)10-2-1-6-19(9-10)15(20)14-5-7-21-18-14/h3-5,7-8,10H,1-2,6,9H2. The summed E-state index contributed by atoms with van der Waals surface area (Å²) in [6.45, 7) is 0.936. The molecule has 1 atom stereocenters. The summed E-state index contributed by atoms with van der Waals surface area (Å²) in [7, 11) is 0. The second-order valence-electron chi connectivity index (χ2n) is 5.14. The molecule has 0 spiro atoms. The highest BCUT2D eigenvalue weighted by Gasteiger charge is 2.28. The predicted molar refractivity (Wildman–Crippen MR) is 70.7 cm³/mol. The number of halogens is 2. The molecule has 0 radical (unpaired) electrons. The molecule has 1 saturated heterocycles. The van der Waals surface area contributed by atoms with Gasteiger partial charge in [0, 0.05) is 25.1 Å². The number of carbonyl (C=O) groups is 1. The van der Waals surface area contributed by atoms with Gasteiger partial charge in [0.05, 0.1) is 0 Å². The van der Waals surface area contributed by atoms with Crippen LogP contribution in [0.3, 0.4) is 0 Å². The van der Waals surface area contributed by atoms with Crippen molar-refractivity contribution in [2.45, 2.75) is 18.8 Å². The fourth-order valence-corrected chi connectivity index (χ4v) is 2.73. The number of hydrogen-bond donors (Lipinski definition) is 0. The molecule has 1 aliphatic heterocycles. The van der Waals surface area contributed by atoms with E-state index >= 15 is 0 Å². The van der Waals surface area contributed by atoms with E-state index in [0.29, 0.717) is 18.7 Å². The molecule has 2 aromatic rings. The summed E-state index contributed by atoms with van der Waals surface area (Å²) in [6, 6.07) is 4.93. The first-order valence-corrected chi connectivity index (χ1v) is 6.80.